The number of methoxy groups -OCH3 is 1. The van der Waals surface area contributed by atoms with Crippen molar-refractivity contribution in [3.63, 3.8) is 0 Å². The fourth-order valence-electron chi connectivity index (χ4n) is 3.96. The van der Waals surface area contributed by atoms with Gasteiger partial charge in [0.2, 0.25) is 5.91 Å². The van der Waals surface area contributed by atoms with Crippen molar-refractivity contribution in [1.82, 2.24) is 24.7 Å². The van der Waals surface area contributed by atoms with Crippen LogP contribution in [-0.2, 0) is 35.3 Å². The summed E-state index contributed by atoms with van der Waals surface area (Å²) in [6.45, 7) is 6.67. The summed E-state index contributed by atoms with van der Waals surface area (Å²) in [5.74, 6) is 0.182. The van der Waals surface area contributed by atoms with Crippen molar-refractivity contribution in [3.8, 4) is 11.4 Å². The predicted octanol–water partition coefficient (Wildman–Crippen LogP) is 5.35. The van der Waals surface area contributed by atoms with Gasteiger partial charge >= 0.3 is 6.18 Å². The number of nitrogens with one attached hydrogen (secondary N) is 1. The van der Waals surface area contributed by atoms with Crippen LogP contribution in [0.5, 0.6) is 5.75 Å². The minimum atomic E-state index is -4.60. The number of alkyl halides is 4. The van der Waals surface area contributed by atoms with Crippen molar-refractivity contribution in [3.05, 3.63) is 59.3 Å². The number of aliphatic imine (C=N–C) groups is 1. The third kappa shape index (κ3) is 8.22. The number of carbonyl (C=O) groups is 1. The Morgan fingerprint density at radius 1 is 1.16 bits per heavy atom. The van der Waals surface area contributed by atoms with E-state index in [1.807, 2.05) is 25.3 Å². The van der Waals surface area contributed by atoms with E-state index in [9.17, 15) is 22.4 Å². The van der Waals surface area contributed by atoms with Crippen LogP contribution in [-0.4, -0.2) is 58.2 Å². The number of fused-ring (bicyclic) bond motifs is 3. The molecule has 1 aliphatic rings. The van der Waals surface area contributed by atoms with Gasteiger partial charge in [-0.1, -0.05) is 13.8 Å². The van der Waals surface area contributed by atoms with Gasteiger partial charge in [0.25, 0.3) is 0 Å². The van der Waals surface area contributed by atoms with Crippen LogP contribution in [0, 0.1) is 0 Å². The molecule has 0 radical (unpaired) electrons. The minimum Gasteiger partial charge on any atom is -0.494 e. The van der Waals surface area contributed by atoms with Crippen molar-refractivity contribution in [1.29, 1.82) is 0 Å². The summed E-state index contributed by atoms with van der Waals surface area (Å²) < 4.78 is 60.4. The highest BCUT2D eigenvalue weighted by Gasteiger charge is 2.33. The monoisotopic (exact) mass is 606 g/mol. The average molecular weight is 607 g/mol. The molecule has 3 N–H and O–H groups in total. The van der Waals surface area contributed by atoms with Gasteiger partial charge in [-0.2, -0.15) is 18.3 Å². The molecule has 1 aliphatic heterocycles. The van der Waals surface area contributed by atoms with E-state index in [1.165, 1.54) is 13.4 Å². The molecule has 232 valence electrons. The molecule has 11 nitrogen and oxygen atoms in total. The molecular formula is C28H34F4N8O3. The predicted molar refractivity (Wildman–Crippen MR) is 156 cm³/mol. The van der Waals surface area contributed by atoms with Crippen molar-refractivity contribution in [2.45, 2.75) is 46.6 Å². The quantitative estimate of drug-likeness (QED) is 0.229. The van der Waals surface area contributed by atoms with E-state index in [1.54, 1.807) is 31.5 Å². The molecule has 0 saturated heterocycles. The first-order valence-corrected chi connectivity index (χ1v) is 13.0. The Balaban J connectivity index is 0.000000733. The summed E-state index contributed by atoms with van der Waals surface area (Å²) in [5.41, 5.74) is 9.38. The van der Waals surface area contributed by atoms with Gasteiger partial charge in [-0.15, -0.1) is 5.10 Å². The molecule has 0 atom stereocenters. The lowest BCUT2D eigenvalue weighted by molar-refractivity contribution is -0.141. The highest BCUT2D eigenvalue weighted by atomic mass is 19.4. The molecule has 0 bridgehead atoms. The van der Waals surface area contributed by atoms with Crippen LogP contribution < -0.4 is 15.8 Å². The van der Waals surface area contributed by atoms with Gasteiger partial charge in [0.1, 0.15) is 23.1 Å². The van der Waals surface area contributed by atoms with Crippen LogP contribution in [0.15, 0.2) is 41.7 Å². The number of nitrogens with zero attached hydrogens (tertiary/aromatic N) is 6. The molecule has 5 rings (SSSR count). The number of rotatable bonds is 5. The van der Waals surface area contributed by atoms with Crippen LogP contribution in [0.2, 0.25) is 0 Å². The Morgan fingerprint density at radius 2 is 1.86 bits per heavy atom. The molecule has 43 heavy (non-hydrogen) atoms. The highest BCUT2D eigenvalue weighted by Crippen LogP contribution is 2.37. The van der Waals surface area contributed by atoms with Crippen molar-refractivity contribution >= 4 is 34.7 Å². The average Bonchev–Trinajstić information content (AvgIpc) is 3.61. The van der Waals surface area contributed by atoms with Crippen LogP contribution in [0.1, 0.15) is 43.4 Å². The molecule has 0 fully saturated rings. The number of ether oxygens (including phenoxy) is 2. The summed E-state index contributed by atoms with van der Waals surface area (Å²) in [6, 6.07) is 7.03. The van der Waals surface area contributed by atoms with E-state index in [4.69, 9.17) is 15.2 Å². The minimum absolute atomic E-state index is 0.0935. The number of amides is 1. The third-order valence-electron chi connectivity index (χ3n) is 5.79. The van der Waals surface area contributed by atoms with Crippen LogP contribution in [0.3, 0.4) is 0 Å². The van der Waals surface area contributed by atoms with E-state index in [0.717, 1.165) is 23.4 Å². The topological polar surface area (TPSA) is 142 Å². The Labute approximate surface area is 246 Å². The van der Waals surface area contributed by atoms with Crippen LogP contribution >= 0.6 is 0 Å². The fraction of sp³-hybridized carbons (Fsp3) is 0.357. The molecule has 1 aromatic carbocycles. The number of benzene rings is 1. The lowest BCUT2D eigenvalue weighted by Crippen LogP contribution is -2.17. The van der Waals surface area contributed by atoms with E-state index in [0.29, 0.717) is 54.4 Å². The zero-order chi connectivity index (χ0) is 32.2. The van der Waals surface area contributed by atoms with Gasteiger partial charge < -0.3 is 30.1 Å². The Hall–Kier alpha value is -4.66. The second-order valence-electron chi connectivity index (χ2n) is 8.24. The molecule has 0 spiro atoms. The van der Waals surface area contributed by atoms with Gasteiger partial charge in [-0.05, 0) is 37.4 Å². The summed E-state index contributed by atoms with van der Waals surface area (Å²) in [6.07, 6.45) is -1.71. The number of nitrogens with two attached hydrogens (primary N) is 1. The zero-order valence-corrected chi connectivity index (χ0v) is 24.7. The number of anilines is 2. The van der Waals surface area contributed by atoms with Gasteiger partial charge in [0.15, 0.2) is 11.5 Å². The first-order valence-electron chi connectivity index (χ1n) is 13.0. The first kappa shape index (κ1) is 34.5. The Kier molecular flexibility index (Phi) is 12.9. The molecule has 0 unspecified atom stereocenters. The first-order chi connectivity index (χ1) is 20.7. The molecule has 4 heterocycles. The van der Waals surface area contributed by atoms with Crippen LogP contribution in [0.25, 0.3) is 16.7 Å². The van der Waals surface area contributed by atoms with Crippen molar-refractivity contribution < 1.29 is 31.8 Å². The van der Waals surface area contributed by atoms with Gasteiger partial charge in [-0.25, -0.2) is 9.97 Å². The number of hydrogen-bond donors (Lipinski definition) is 2. The normalized spacial score (nSPS) is 11.9. The van der Waals surface area contributed by atoms with Crippen molar-refractivity contribution in [2.24, 2.45) is 4.99 Å². The number of hydrogen-bond acceptors (Lipinski definition) is 9. The summed E-state index contributed by atoms with van der Waals surface area (Å²) >= 11 is 0. The maximum atomic E-state index is 12.7. The Morgan fingerprint density at radius 3 is 2.44 bits per heavy atom. The summed E-state index contributed by atoms with van der Waals surface area (Å²) in [5, 5.41) is 9.31. The second kappa shape index (κ2) is 16.1. The van der Waals surface area contributed by atoms with Gasteiger partial charge in [0, 0.05) is 24.4 Å². The molecule has 0 aliphatic carbocycles. The maximum absolute atomic E-state index is 12.7. The van der Waals surface area contributed by atoms with E-state index in [2.05, 4.69) is 30.5 Å². The third-order valence-corrected chi connectivity index (χ3v) is 5.79. The SMILES string of the molecule is CC.CC=NC.CF.COc1cc(-n2c3c(c4ncnc(N)c42)COC3)ccc1NC(=O)Cc1ccc(C(F)(F)F)nn1. The lowest BCUT2D eigenvalue weighted by atomic mass is 10.2. The van der Waals surface area contributed by atoms with E-state index in [-0.39, 0.29) is 12.1 Å². The standard InChI is InChI=1S/C22H18F3N7O3.C3H7N.C2H6.CH3F/c1-34-16-7-12(32-15-9-35-8-13(15)19-20(32)21(26)28-10-27-19)3-4-14(16)29-18(33)6-11-2-5-17(31-30-11)22(23,24)25;1-3-4-2;2*1-2/h2-5,7,10H,6,8-9H2,1H3,(H,29,33)(H2,26,27,28);3H,1-2H3;1-2H3;1H3. The Bertz CT molecular complexity index is 1520. The summed E-state index contributed by atoms with van der Waals surface area (Å²) in [4.78, 5) is 24.6. The van der Waals surface area contributed by atoms with E-state index >= 15 is 0 Å². The van der Waals surface area contributed by atoms with Gasteiger partial charge in [-0.3, -0.25) is 9.18 Å². The summed E-state index contributed by atoms with van der Waals surface area (Å²) in [7, 11) is 3.70. The number of nitrogen functional groups attached to an aromatic ring is 1. The fourth-order valence-corrected chi connectivity index (χ4v) is 3.96. The molecule has 4 aromatic rings. The van der Waals surface area contributed by atoms with Crippen molar-refractivity contribution in [2.75, 3.05) is 32.4 Å². The molecule has 1 amide bonds. The maximum Gasteiger partial charge on any atom is 0.435 e. The smallest absolute Gasteiger partial charge is 0.435 e. The molecule has 0 saturated carbocycles. The largest absolute Gasteiger partial charge is 0.494 e. The molecule has 3 aromatic heterocycles. The molecular weight excluding hydrogens is 572 g/mol. The number of aromatic nitrogens is 5. The number of halogens is 4. The number of carbonyl (C=O) groups excluding carboxylic acids is 1. The second-order valence-corrected chi connectivity index (χ2v) is 8.24. The molecule has 15 heteroatoms. The highest BCUT2D eigenvalue weighted by molar-refractivity contribution is 5.94. The van der Waals surface area contributed by atoms with E-state index < -0.39 is 17.8 Å². The van der Waals surface area contributed by atoms with Gasteiger partial charge in [0.05, 0.1) is 51.0 Å². The zero-order valence-electron chi connectivity index (χ0n) is 24.7. The lowest BCUT2D eigenvalue weighted by Gasteiger charge is -2.15. The van der Waals surface area contributed by atoms with Crippen LogP contribution in [0.4, 0.5) is 29.1 Å².